The second-order valence-corrected chi connectivity index (χ2v) is 7.63. The zero-order chi connectivity index (χ0) is 18.9. The molecule has 0 unspecified atom stereocenters. The van der Waals surface area contributed by atoms with Gasteiger partial charge in [0.05, 0.1) is 12.6 Å². The van der Waals surface area contributed by atoms with Gasteiger partial charge in [0.2, 0.25) is 11.8 Å². The van der Waals surface area contributed by atoms with Gasteiger partial charge < -0.3 is 16.4 Å². The Morgan fingerprint density at radius 2 is 1.81 bits per heavy atom. The first-order chi connectivity index (χ1) is 12.5. The van der Waals surface area contributed by atoms with Gasteiger partial charge >= 0.3 is 0 Å². The van der Waals surface area contributed by atoms with Crippen molar-refractivity contribution in [2.75, 3.05) is 18.8 Å². The predicted molar refractivity (Wildman–Crippen MR) is 109 cm³/mol. The standard InChI is InChI=1S/C20H27N3O2S/c1-14(2)19(21)20(25)23-12-18(24)22-10-11-26-13-16-8-5-7-15-6-3-4-9-17(15)16/h3-9,14,19H,10-13,21H2,1-2H3,(H,22,24)(H,23,25)/t19-/m0/s1. The van der Waals surface area contributed by atoms with Gasteiger partial charge in [-0.15, -0.1) is 0 Å². The van der Waals surface area contributed by atoms with Crippen LogP contribution in [0, 0.1) is 5.92 Å². The molecule has 2 rings (SSSR count). The maximum absolute atomic E-state index is 11.8. The Labute approximate surface area is 159 Å². The Kier molecular flexibility index (Phi) is 7.94. The normalized spacial score (nSPS) is 12.2. The van der Waals surface area contributed by atoms with E-state index in [1.165, 1.54) is 16.3 Å². The molecule has 0 aliphatic heterocycles. The molecule has 1 atom stereocenters. The fourth-order valence-corrected chi connectivity index (χ4v) is 3.38. The van der Waals surface area contributed by atoms with Crippen LogP contribution in [-0.4, -0.2) is 36.7 Å². The van der Waals surface area contributed by atoms with Crippen LogP contribution in [-0.2, 0) is 15.3 Å². The van der Waals surface area contributed by atoms with Gasteiger partial charge in [0, 0.05) is 18.1 Å². The van der Waals surface area contributed by atoms with E-state index in [4.69, 9.17) is 5.73 Å². The molecule has 0 heterocycles. The molecule has 0 saturated heterocycles. The second-order valence-electron chi connectivity index (χ2n) is 6.53. The number of hydrogen-bond acceptors (Lipinski definition) is 4. The number of nitrogens with one attached hydrogen (secondary N) is 2. The number of benzene rings is 2. The Morgan fingerprint density at radius 1 is 1.08 bits per heavy atom. The fourth-order valence-electron chi connectivity index (χ4n) is 2.51. The highest BCUT2D eigenvalue weighted by Crippen LogP contribution is 2.22. The lowest BCUT2D eigenvalue weighted by molar-refractivity contribution is -0.127. The van der Waals surface area contributed by atoms with E-state index in [0.717, 1.165) is 11.5 Å². The highest BCUT2D eigenvalue weighted by molar-refractivity contribution is 7.98. The molecule has 0 radical (unpaired) electrons. The Morgan fingerprint density at radius 3 is 2.58 bits per heavy atom. The molecule has 0 spiro atoms. The summed E-state index contributed by atoms with van der Waals surface area (Å²) >= 11 is 1.77. The van der Waals surface area contributed by atoms with Crippen LogP contribution < -0.4 is 16.4 Å². The Hall–Kier alpha value is -2.05. The molecule has 5 nitrogen and oxygen atoms in total. The van der Waals surface area contributed by atoms with Gasteiger partial charge in [0.1, 0.15) is 0 Å². The number of hydrogen-bond donors (Lipinski definition) is 3. The van der Waals surface area contributed by atoms with Crippen LogP contribution in [0.15, 0.2) is 42.5 Å². The first kappa shape index (κ1) is 20.3. The van der Waals surface area contributed by atoms with E-state index in [1.54, 1.807) is 11.8 Å². The number of carbonyl (C=O) groups excluding carboxylic acids is 2. The van der Waals surface area contributed by atoms with Gasteiger partial charge in [-0.2, -0.15) is 11.8 Å². The lowest BCUT2D eigenvalue weighted by Crippen LogP contribution is -2.47. The minimum atomic E-state index is -0.584. The number of thioether (sulfide) groups is 1. The molecule has 0 aliphatic rings. The van der Waals surface area contributed by atoms with Crippen molar-refractivity contribution >= 4 is 34.3 Å². The van der Waals surface area contributed by atoms with Crippen molar-refractivity contribution in [3.8, 4) is 0 Å². The Bertz CT molecular complexity index is 743. The predicted octanol–water partition coefficient (Wildman–Crippen LogP) is 2.29. The summed E-state index contributed by atoms with van der Waals surface area (Å²) in [5, 5.41) is 7.90. The topological polar surface area (TPSA) is 84.2 Å². The van der Waals surface area contributed by atoms with Gasteiger partial charge in [0.15, 0.2) is 0 Å². The van der Waals surface area contributed by atoms with Gasteiger partial charge in [-0.25, -0.2) is 0 Å². The van der Waals surface area contributed by atoms with Crippen LogP contribution in [0.4, 0.5) is 0 Å². The quantitative estimate of drug-likeness (QED) is 0.589. The van der Waals surface area contributed by atoms with E-state index in [1.807, 2.05) is 19.9 Å². The maximum Gasteiger partial charge on any atom is 0.239 e. The molecule has 0 bridgehead atoms. The third-order valence-corrected chi connectivity index (χ3v) is 5.16. The largest absolute Gasteiger partial charge is 0.354 e. The van der Waals surface area contributed by atoms with E-state index >= 15 is 0 Å². The molecule has 2 amide bonds. The third-order valence-electron chi connectivity index (χ3n) is 4.15. The molecule has 2 aromatic rings. The van der Waals surface area contributed by atoms with Crippen molar-refractivity contribution in [1.82, 2.24) is 10.6 Å². The summed E-state index contributed by atoms with van der Waals surface area (Å²) in [6, 6.07) is 14.1. The molecule has 4 N–H and O–H groups in total. The zero-order valence-corrected chi connectivity index (χ0v) is 16.1. The zero-order valence-electron chi connectivity index (χ0n) is 15.3. The summed E-state index contributed by atoms with van der Waals surface area (Å²) in [4.78, 5) is 23.5. The van der Waals surface area contributed by atoms with E-state index in [0.29, 0.717) is 6.54 Å². The summed E-state index contributed by atoms with van der Waals surface area (Å²) in [5.41, 5.74) is 7.03. The van der Waals surface area contributed by atoms with Crippen molar-refractivity contribution < 1.29 is 9.59 Å². The molecular weight excluding hydrogens is 346 g/mol. The van der Waals surface area contributed by atoms with Crippen LogP contribution in [0.1, 0.15) is 19.4 Å². The van der Waals surface area contributed by atoms with E-state index in [2.05, 4.69) is 47.0 Å². The lowest BCUT2D eigenvalue weighted by atomic mass is 10.1. The van der Waals surface area contributed by atoms with Crippen molar-refractivity contribution in [2.45, 2.75) is 25.6 Å². The monoisotopic (exact) mass is 373 g/mol. The third kappa shape index (κ3) is 6.04. The fraction of sp³-hybridized carbons (Fsp3) is 0.400. The Balaban J connectivity index is 1.66. The minimum Gasteiger partial charge on any atom is -0.354 e. The smallest absolute Gasteiger partial charge is 0.239 e. The van der Waals surface area contributed by atoms with E-state index in [-0.39, 0.29) is 24.3 Å². The van der Waals surface area contributed by atoms with Gasteiger partial charge in [-0.05, 0) is 22.3 Å². The van der Waals surface area contributed by atoms with Crippen LogP contribution in [0.25, 0.3) is 10.8 Å². The molecule has 0 fully saturated rings. The van der Waals surface area contributed by atoms with Gasteiger partial charge in [-0.3, -0.25) is 9.59 Å². The summed E-state index contributed by atoms with van der Waals surface area (Å²) in [6.07, 6.45) is 0. The highest BCUT2D eigenvalue weighted by Gasteiger charge is 2.17. The molecule has 0 aliphatic carbocycles. The number of nitrogens with two attached hydrogens (primary N) is 1. The van der Waals surface area contributed by atoms with Crippen LogP contribution >= 0.6 is 11.8 Å². The van der Waals surface area contributed by atoms with E-state index < -0.39 is 6.04 Å². The van der Waals surface area contributed by atoms with Crippen molar-refractivity contribution in [2.24, 2.45) is 11.7 Å². The van der Waals surface area contributed by atoms with Crippen molar-refractivity contribution in [3.05, 3.63) is 48.0 Å². The van der Waals surface area contributed by atoms with Crippen molar-refractivity contribution in [3.63, 3.8) is 0 Å². The van der Waals surface area contributed by atoms with Crippen molar-refractivity contribution in [1.29, 1.82) is 0 Å². The summed E-state index contributed by atoms with van der Waals surface area (Å²) in [7, 11) is 0. The minimum absolute atomic E-state index is 0.0345. The molecule has 0 saturated carbocycles. The summed E-state index contributed by atoms with van der Waals surface area (Å²) in [5.74, 6) is 1.27. The molecular formula is C20H27N3O2S. The highest BCUT2D eigenvalue weighted by atomic mass is 32.2. The molecule has 6 heteroatoms. The molecule has 140 valence electrons. The van der Waals surface area contributed by atoms with Gasteiger partial charge in [0.25, 0.3) is 0 Å². The van der Waals surface area contributed by atoms with Crippen LogP contribution in [0.5, 0.6) is 0 Å². The number of carbonyl (C=O) groups is 2. The lowest BCUT2D eigenvalue weighted by Gasteiger charge is -2.15. The first-order valence-corrected chi connectivity index (χ1v) is 9.99. The molecule has 0 aromatic heterocycles. The second kappa shape index (κ2) is 10.2. The SMILES string of the molecule is CC(C)[C@H](N)C(=O)NCC(=O)NCCSCc1cccc2ccccc12. The summed E-state index contributed by atoms with van der Waals surface area (Å²) < 4.78 is 0. The van der Waals surface area contributed by atoms with E-state index in [9.17, 15) is 9.59 Å². The number of rotatable bonds is 9. The van der Waals surface area contributed by atoms with Crippen LogP contribution in [0.3, 0.4) is 0 Å². The average Bonchev–Trinajstić information content (AvgIpc) is 2.65. The first-order valence-electron chi connectivity index (χ1n) is 8.83. The molecule has 26 heavy (non-hydrogen) atoms. The summed E-state index contributed by atoms with van der Waals surface area (Å²) in [6.45, 7) is 4.28. The number of amides is 2. The van der Waals surface area contributed by atoms with Crippen LogP contribution in [0.2, 0.25) is 0 Å². The molecule has 2 aromatic carbocycles. The number of fused-ring (bicyclic) bond motifs is 1. The average molecular weight is 374 g/mol. The maximum atomic E-state index is 11.8. The van der Waals surface area contributed by atoms with Gasteiger partial charge in [-0.1, -0.05) is 56.3 Å².